The molecule has 0 heterocycles. The SMILES string of the molecule is CC[C@@H]1Cc2c(N)cccc2C1(C)C. The van der Waals surface area contributed by atoms with Crippen molar-refractivity contribution in [2.75, 3.05) is 5.73 Å². The lowest BCUT2D eigenvalue weighted by Crippen LogP contribution is -2.23. The van der Waals surface area contributed by atoms with E-state index in [4.69, 9.17) is 5.73 Å². The number of hydrogen-bond acceptors (Lipinski definition) is 1. The van der Waals surface area contributed by atoms with E-state index in [0.717, 1.165) is 18.0 Å². The Balaban J connectivity index is 2.54. The number of hydrogen-bond donors (Lipinski definition) is 1. The minimum absolute atomic E-state index is 0.305. The number of fused-ring (bicyclic) bond motifs is 1. The Morgan fingerprint density at radius 3 is 2.71 bits per heavy atom. The molecule has 0 unspecified atom stereocenters. The van der Waals surface area contributed by atoms with Gasteiger partial charge < -0.3 is 5.73 Å². The van der Waals surface area contributed by atoms with Crippen molar-refractivity contribution in [3.63, 3.8) is 0 Å². The zero-order valence-corrected chi connectivity index (χ0v) is 9.30. The normalized spacial score (nSPS) is 23.5. The number of anilines is 1. The maximum Gasteiger partial charge on any atom is 0.0349 e. The molecule has 1 aliphatic rings. The van der Waals surface area contributed by atoms with Gasteiger partial charge in [0.15, 0.2) is 0 Å². The van der Waals surface area contributed by atoms with Gasteiger partial charge in [0, 0.05) is 5.69 Å². The first-order valence-corrected chi connectivity index (χ1v) is 5.45. The summed E-state index contributed by atoms with van der Waals surface area (Å²) in [7, 11) is 0. The van der Waals surface area contributed by atoms with E-state index in [-0.39, 0.29) is 0 Å². The number of nitrogen functional groups attached to an aromatic ring is 1. The molecule has 0 aliphatic heterocycles. The van der Waals surface area contributed by atoms with Gasteiger partial charge in [-0.05, 0) is 34.9 Å². The Kier molecular flexibility index (Phi) is 2.06. The molecule has 0 aromatic heterocycles. The third kappa shape index (κ3) is 1.15. The van der Waals surface area contributed by atoms with Crippen molar-refractivity contribution in [3.8, 4) is 0 Å². The molecule has 0 saturated heterocycles. The fraction of sp³-hybridized carbons (Fsp3) is 0.538. The van der Waals surface area contributed by atoms with Crippen LogP contribution < -0.4 is 5.73 Å². The van der Waals surface area contributed by atoms with Crippen molar-refractivity contribution < 1.29 is 0 Å². The molecule has 1 heteroatoms. The third-order valence-corrected chi connectivity index (χ3v) is 3.87. The topological polar surface area (TPSA) is 26.0 Å². The maximum atomic E-state index is 6.01. The van der Waals surface area contributed by atoms with E-state index in [1.54, 1.807) is 0 Å². The molecule has 1 aliphatic carbocycles. The highest BCUT2D eigenvalue weighted by atomic mass is 14.6. The van der Waals surface area contributed by atoms with E-state index in [2.05, 4.69) is 32.9 Å². The number of nitrogens with two attached hydrogens (primary N) is 1. The molecule has 2 N–H and O–H groups in total. The summed E-state index contributed by atoms with van der Waals surface area (Å²) in [4.78, 5) is 0. The first-order valence-electron chi connectivity index (χ1n) is 5.45. The molecule has 0 bridgehead atoms. The van der Waals surface area contributed by atoms with Gasteiger partial charge in [-0.25, -0.2) is 0 Å². The van der Waals surface area contributed by atoms with Gasteiger partial charge >= 0.3 is 0 Å². The number of rotatable bonds is 1. The second kappa shape index (κ2) is 3.01. The third-order valence-electron chi connectivity index (χ3n) is 3.87. The molecule has 0 spiro atoms. The van der Waals surface area contributed by atoms with Crippen molar-refractivity contribution in [2.45, 2.75) is 39.0 Å². The van der Waals surface area contributed by atoms with Crippen LogP contribution in [0.2, 0.25) is 0 Å². The van der Waals surface area contributed by atoms with Crippen LogP contribution >= 0.6 is 0 Å². The molecule has 14 heavy (non-hydrogen) atoms. The van der Waals surface area contributed by atoms with Crippen LogP contribution in [0.15, 0.2) is 18.2 Å². The molecule has 1 atom stereocenters. The van der Waals surface area contributed by atoms with E-state index in [1.165, 1.54) is 17.5 Å². The lowest BCUT2D eigenvalue weighted by Gasteiger charge is -2.27. The predicted octanol–water partition coefficient (Wildman–Crippen LogP) is 3.13. The van der Waals surface area contributed by atoms with Crippen molar-refractivity contribution >= 4 is 5.69 Å². The molecule has 76 valence electrons. The van der Waals surface area contributed by atoms with Gasteiger partial charge in [0.25, 0.3) is 0 Å². The highest BCUT2D eigenvalue weighted by Gasteiger charge is 2.38. The first kappa shape index (κ1) is 9.57. The summed E-state index contributed by atoms with van der Waals surface area (Å²) in [5.74, 6) is 0.752. The summed E-state index contributed by atoms with van der Waals surface area (Å²) in [6.07, 6.45) is 2.40. The van der Waals surface area contributed by atoms with Gasteiger partial charge in [-0.2, -0.15) is 0 Å². The Hall–Kier alpha value is -0.980. The second-order valence-corrected chi connectivity index (χ2v) is 4.90. The van der Waals surface area contributed by atoms with Crippen LogP contribution in [-0.4, -0.2) is 0 Å². The summed E-state index contributed by atoms with van der Waals surface area (Å²) < 4.78 is 0. The monoisotopic (exact) mass is 189 g/mol. The number of benzene rings is 1. The Morgan fingerprint density at radius 2 is 2.14 bits per heavy atom. The quantitative estimate of drug-likeness (QED) is 0.675. The van der Waals surface area contributed by atoms with Gasteiger partial charge in [-0.3, -0.25) is 0 Å². The summed E-state index contributed by atoms with van der Waals surface area (Å²) in [6, 6.07) is 6.34. The summed E-state index contributed by atoms with van der Waals surface area (Å²) in [5, 5.41) is 0. The van der Waals surface area contributed by atoms with Crippen LogP contribution in [0.4, 0.5) is 5.69 Å². The first-order chi connectivity index (χ1) is 6.57. The molecule has 1 aromatic carbocycles. The van der Waals surface area contributed by atoms with Gasteiger partial charge in [0.05, 0.1) is 0 Å². The van der Waals surface area contributed by atoms with Crippen molar-refractivity contribution in [3.05, 3.63) is 29.3 Å². The summed E-state index contributed by atoms with van der Waals surface area (Å²) in [6.45, 7) is 6.95. The van der Waals surface area contributed by atoms with Gasteiger partial charge in [-0.15, -0.1) is 0 Å². The second-order valence-electron chi connectivity index (χ2n) is 4.90. The average Bonchev–Trinajstić information content (AvgIpc) is 2.40. The minimum atomic E-state index is 0.305. The lowest BCUT2D eigenvalue weighted by atomic mass is 9.77. The van der Waals surface area contributed by atoms with E-state index in [1.807, 2.05) is 6.07 Å². The summed E-state index contributed by atoms with van der Waals surface area (Å²) in [5.41, 5.74) is 10.1. The molecule has 1 aromatic rings. The van der Waals surface area contributed by atoms with E-state index in [9.17, 15) is 0 Å². The smallest absolute Gasteiger partial charge is 0.0349 e. The van der Waals surface area contributed by atoms with Gasteiger partial charge in [0.1, 0.15) is 0 Å². The van der Waals surface area contributed by atoms with Gasteiger partial charge in [-0.1, -0.05) is 39.3 Å². The highest BCUT2D eigenvalue weighted by Crippen LogP contribution is 2.46. The highest BCUT2D eigenvalue weighted by molar-refractivity contribution is 5.56. The largest absolute Gasteiger partial charge is 0.398 e. The van der Waals surface area contributed by atoms with E-state index >= 15 is 0 Å². The maximum absolute atomic E-state index is 6.01. The average molecular weight is 189 g/mol. The molecular formula is C13H19N. The zero-order chi connectivity index (χ0) is 10.3. The predicted molar refractivity (Wildman–Crippen MR) is 61.4 cm³/mol. The molecular weight excluding hydrogens is 170 g/mol. The van der Waals surface area contributed by atoms with Crippen LogP contribution in [-0.2, 0) is 11.8 Å². The van der Waals surface area contributed by atoms with Crippen molar-refractivity contribution in [2.24, 2.45) is 5.92 Å². The van der Waals surface area contributed by atoms with Crippen LogP contribution in [0.5, 0.6) is 0 Å². The van der Waals surface area contributed by atoms with Crippen LogP contribution in [0.3, 0.4) is 0 Å². The molecule has 0 saturated carbocycles. The molecule has 1 nitrogen and oxygen atoms in total. The fourth-order valence-corrected chi connectivity index (χ4v) is 2.81. The fourth-order valence-electron chi connectivity index (χ4n) is 2.81. The van der Waals surface area contributed by atoms with Crippen LogP contribution in [0.1, 0.15) is 38.3 Å². The Bertz CT molecular complexity index is 352. The van der Waals surface area contributed by atoms with Gasteiger partial charge in [0.2, 0.25) is 0 Å². The van der Waals surface area contributed by atoms with Crippen LogP contribution in [0.25, 0.3) is 0 Å². The summed E-state index contributed by atoms with van der Waals surface area (Å²) >= 11 is 0. The Labute approximate surface area is 86.3 Å². The Morgan fingerprint density at radius 1 is 1.43 bits per heavy atom. The van der Waals surface area contributed by atoms with Crippen molar-refractivity contribution in [1.82, 2.24) is 0 Å². The van der Waals surface area contributed by atoms with Crippen molar-refractivity contribution in [1.29, 1.82) is 0 Å². The molecule has 0 radical (unpaired) electrons. The minimum Gasteiger partial charge on any atom is -0.398 e. The zero-order valence-electron chi connectivity index (χ0n) is 9.30. The molecule has 0 fully saturated rings. The molecule has 2 rings (SSSR count). The van der Waals surface area contributed by atoms with E-state index in [0.29, 0.717) is 5.41 Å². The molecule has 0 amide bonds. The van der Waals surface area contributed by atoms with E-state index < -0.39 is 0 Å². The standard InChI is InChI=1S/C13H19N/c1-4-9-8-10-11(13(9,2)3)6-5-7-12(10)14/h5-7,9H,4,8,14H2,1-3H3/t9-/m1/s1. The van der Waals surface area contributed by atoms with Crippen LogP contribution in [0, 0.1) is 5.92 Å². The lowest BCUT2D eigenvalue weighted by molar-refractivity contribution is 0.339.